The van der Waals surface area contributed by atoms with E-state index < -0.39 is 17.6 Å². The summed E-state index contributed by atoms with van der Waals surface area (Å²) in [5.74, 6) is -0.127. The Labute approximate surface area is 208 Å². The summed E-state index contributed by atoms with van der Waals surface area (Å²) in [6, 6.07) is 4.75. The average molecular weight is 510 g/mol. The fourth-order valence-electron chi connectivity index (χ4n) is 4.47. The smallest absolute Gasteiger partial charge is 0.416 e. The number of carbonyl (C=O) groups excluding carboxylic acids is 1. The Bertz CT molecular complexity index is 1140. The van der Waals surface area contributed by atoms with E-state index in [1.165, 1.54) is 10.8 Å². The van der Waals surface area contributed by atoms with Gasteiger partial charge in [-0.15, -0.1) is 0 Å². The molecule has 0 aliphatic carbocycles. The quantitative estimate of drug-likeness (QED) is 0.560. The average Bonchev–Trinajstić information content (AvgIpc) is 3.54. The Hall–Kier alpha value is -2.59. The zero-order valence-electron chi connectivity index (χ0n) is 21.2. The molecule has 36 heavy (non-hydrogen) atoms. The van der Waals surface area contributed by atoms with E-state index in [1.54, 1.807) is 6.07 Å². The topological polar surface area (TPSA) is 69.2 Å². The Kier molecular flexibility index (Phi) is 7.66. The van der Waals surface area contributed by atoms with Gasteiger partial charge in [0.15, 0.2) is 5.49 Å². The molecule has 2 aliphatic rings. The van der Waals surface area contributed by atoms with Gasteiger partial charge in [-0.3, -0.25) is 4.79 Å². The number of halogens is 3. The molecule has 0 N–H and O–H groups in total. The van der Waals surface area contributed by atoms with Crippen molar-refractivity contribution in [3.05, 3.63) is 46.6 Å². The molecular formula is C26H34F3N3O4. The molecular weight excluding hydrogens is 475 g/mol. The Morgan fingerprint density at radius 3 is 2.56 bits per heavy atom. The van der Waals surface area contributed by atoms with Crippen LogP contribution in [0.3, 0.4) is 0 Å². The standard InChI is InChI=1S/C26H34F3N3O4/c1-25(2,3)22-14-23(32(36-22)15-19-8-6-12-34-19)30-24(33)20-13-17(26(27,28)29)9-10-21(20)35-16-18-7-5-11-31(18)4/h9-10,13-14,18-19H,5-8,11-12,15-16H2,1-4H3/b30-23+/t18-,19+/m0/s1. The molecule has 3 heterocycles. The van der Waals surface area contributed by atoms with Crippen molar-refractivity contribution in [1.29, 1.82) is 0 Å². The first-order valence-corrected chi connectivity index (χ1v) is 12.4. The van der Waals surface area contributed by atoms with Crippen LogP contribution < -0.4 is 10.2 Å². The number of carbonyl (C=O) groups is 1. The third kappa shape index (κ3) is 6.21. The molecule has 0 radical (unpaired) electrons. The molecule has 0 saturated carbocycles. The predicted molar refractivity (Wildman–Crippen MR) is 127 cm³/mol. The molecule has 2 saturated heterocycles. The van der Waals surface area contributed by atoms with Gasteiger partial charge < -0.3 is 18.9 Å². The van der Waals surface area contributed by atoms with E-state index in [4.69, 9.17) is 14.0 Å². The number of amides is 1. The lowest BCUT2D eigenvalue weighted by Crippen LogP contribution is -2.31. The molecule has 2 aliphatic heterocycles. The molecule has 0 bridgehead atoms. The number of aromatic nitrogens is 1. The molecule has 7 nitrogen and oxygen atoms in total. The zero-order valence-corrected chi connectivity index (χ0v) is 21.2. The predicted octanol–water partition coefficient (Wildman–Crippen LogP) is 4.79. The second-order valence-corrected chi connectivity index (χ2v) is 10.6. The first-order chi connectivity index (χ1) is 16.9. The molecule has 1 amide bonds. The van der Waals surface area contributed by atoms with Crippen LogP contribution in [0.2, 0.25) is 0 Å². The number of hydrogen-bond acceptors (Lipinski definition) is 5. The SMILES string of the molecule is CN1CCC[C@H]1COc1ccc(C(F)(F)F)cc1C(=O)/N=c1\cc(C(C)(C)C)on1C[C@H]1CCCO1. The van der Waals surface area contributed by atoms with Gasteiger partial charge in [-0.1, -0.05) is 20.8 Å². The maximum Gasteiger partial charge on any atom is 0.416 e. The Morgan fingerprint density at radius 2 is 1.94 bits per heavy atom. The highest BCUT2D eigenvalue weighted by atomic mass is 19.4. The number of alkyl halides is 3. The minimum absolute atomic E-state index is 0.0751. The van der Waals surface area contributed by atoms with E-state index in [0.29, 0.717) is 18.9 Å². The van der Waals surface area contributed by atoms with Crippen molar-refractivity contribution >= 4 is 5.91 Å². The van der Waals surface area contributed by atoms with Gasteiger partial charge in [-0.2, -0.15) is 22.9 Å². The van der Waals surface area contributed by atoms with Crippen LogP contribution in [0.25, 0.3) is 0 Å². The first kappa shape index (κ1) is 26.5. The van der Waals surface area contributed by atoms with Gasteiger partial charge >= 0.3 is 6.18 Å². The van der Waals surface area contributed by atoms with Crippen molar-refractivity contribution in [2.75, 3.05) is 26.8 Å². The van der Waals surface area contributed by atoms with Crippen LogP contribution in [0.4, 0.5) is 13.2 Å². The van der Waals surface area contributed by atoms with Gasteiger partial charge in [0, 0.05) is 24.1 Å². The molecule has 0 unspecified atom stereocenters. The van der Waals surface area contributed by atoms with Crippen molar-refractivity contribution in [2.24, 2.45) is 4.99 Å². The van der Waals surface area contributed by atoms with Crippen molar-refractivity contribution in [3.63, 3.8) is 0 Å². The van der Waals surface area contributed by atoms with E-state index in [0.717, 1.165) is 44.4 Å². The summed E-state index contributed by atoms with van der Waals surface area (Å²) >= 11 is 0. The molecule has 2 atom stereocenters. The molecule has 1 aromatic carbocycles. The van der Waals surface area contributed by atoms with Crippen molar-refractivity contribution in [3.8, 4) is 5.75 Å². The third-order valence-corrected chi connectivity index (χ3v) is 6.71. The summed E-state index contributed by atoms with van der Waals surface area (Å²) in [6.45, 7) is 8.13. The van der Waals surface area contributed by atoms with Gasteiger partial charge in [0.25, 0.3) is 5.91 Å². The monoisotopic (exact) mass is 509 g/mol. The largest absolute Gasteiger partial charge is 0.491 e. The maximum absolute atomic E-state index is 13.5. The van der Waals surface area contributed by atoms with Gasteiger partial charge in [-0.05, 0) is 57.5 Å². The number of ether oxygens (including phenoxy) is 2. The fraction of sp³-hybridized carbons (Fsp3) is 0.615. The van der Waals surface area contributed by atoms with Crippen LogP contribution in [-0.4, -0.2) is 54.5 Å². The molecule has 0 spiro atoms. The number of rotatable bonds is 6. The van der Waals surface area contributed by atoms with Gasteiger partial charge in [0.1, 0.15) is 18.1 Å². The van der Waals surface area contributed by atoms with Crippen LogP contribution in [-0.2, 0) is 22.9 Å². The van der Waals surface area contributed by atoms with Crippen LogP contribution >= 0.6 is 0 Å². The highest BCUT2D eigenvalue weighted by molar-refractivity contribution is 5.97. The summed E-state index contributed by atoms with van der Waals surface area (Å²) in [5.41, 5.74) is -1.28. The van der Waals surface area contributed by atoms with Crippen LogP contribution in [0, 0.1) is 0 Å². The van der Waals surface area contributed by atoms with Crippen LogP contribution in [0.5, 0.6) is 5.75 Å². The van der Waals surface area contributed by atoms with E-state index in [1.807, 2.05) is 27.8 Å². The highest BCUT2D eigenvalue weighted by Crippen LogP contribution is 2.33. The molecule has 2 aromatic rings. The number of nitrogens with zero attached hydrogens (tertiary/aromatic N) is 3. The summed E-state index contributed by atoms with van der Waals surface area (Å²) in [6.07, 6.45) is -0.932. The van der Waals surface area contributed by atoms with E-state index in [9.17, 15) is 18.0 Å². The maximum atomic E-state index is 13.5. The molecule has 2 fully saturated rings. The highest BCUT2D eigenvalue weighted by Gasteiger charge is 2.33. The summed E-state index contributed by atoms with van der Waals surface area (Å²) in [4.78, 5) is 19.7. The fourth-order valence-corrected chi connectivity index (χ4v) is 4.47. The van der Waals surface area contributed by atoms with Gasteiger partial charge in [0.2, 0.25) is 0 Å². The van der Waals surface area contributed by atoms with Crippen molar-refractivity contribution in [2.45, 2.75) is 76.7 Å². The lowest BCUT2D eigenvalue weighted by atomic mass is 9.94. The number of benzene rings is 1. The third-order valence-electron chi connectivity index (χ3n) is 6.71. The van der Waals surface area contributed by atoms with Crippen LogP contribution in [0.15, 0.2) is 33.8 Å². The second-order valence-electron chi connectivity index (χ2n) is 10.6. The van der Waals surface area contributed by atoms with Crippen molar-refractivity contribution in [1.82, 2.24) is 9.64 Å². The first-order valence-electron chi connectivity index (χ1n) is 12.4. The lowest BCUT2D eigenvalue weighted by Gasteiger charge is -2.20. The Balaban J connectivity index is 1.69. The normalized spacial score (nSPS) is 21.9. The molecule has 4 rings (SSSR count). The van der Waals surface area contributed by atoms with E-state index >= 15 is 0 Å². The molecule has 10 heteroatoms. The Morgan fingerprint density at radius 1 is 1.17 bits per heavy atom. The minimum Gasteiger partial charge on any atom is -0.491 e. The van der Waals surface area contributed by atoms with E-state index in [2.05, 4.69) is 9.89 Å². The zero-order chi connectivity index (χ0) is 26.1. The second kappa shape index (κ2) is 10.4. The van der Waals surface area contributed by atoms with Crippen molar-refractivity contribution < 1.29 is 32.0 Å². The summed E-state index contributed by atoms with van der Waals surface area (Å²) < 4.78 is 59.5. The lowest BCUT2D eigenvalue weighted by molar-refractivity contribution is -0.137. The van der Waals surface area contributed by atoms with Gasteiger partial charge in [0.05, 0.1) is 23.8 Å². The number of likely N-dealkylation sites (N-methyl/N-ethyl adjacent to an activating group) is 1. The summed E-state index contributed by atoms with van der Waals surface area (Å²) in [7, 11) is 1.98. The minimum atomic E-state index is -4.60. The summed E-state index contributed by atoms with van der Waals surface area (Å²) in [5, 5.41) is 0. The molecule has 1 aromatic heterocycles. The van der Waals surface area contributed by atoms with E-state index in [-0.39, 0.29) is 41.0 Å². The number of hydrogen-bond donors (Lipinski definition) is 0. The van der Waals surface area contributed by atoms with Gasteiger partial charge in [-0.25, -0.2) is 0 Å². The number of likely N-dealkylation sites (tertiary alicyclic amines) is 1. The molecule has 198 valence electrons. The van der Waals surface area contributed by atoms with Crippen LogP contribution in [0.1, 0.15) is 68.1 Å².